The van der Waals surface area contributed by atoms with E-state index in [-0.39, 0.29) is 5.97 Å². The molecular weight excluding hydrogens is 256 g/mol. The van der Waals surface area contributed by atoms with Crippen molar-refractivity contribution in [2.75, 3.05) is 6.61 Å². The lowest BCUT2D eigenvalue weighted by Gasteiger charge is -1.99. The van der Waals surface area contributed by atoms with Crippen LogP contribution in [0, 0.1) is 0 Å². The summed E-state index contributed by atoms with van der Waals surface area (Å²) in [4.78, 5) is 20.7. The fourth-order valence-corrected chi connectivity index (χ4v) is 1.21. The number of hydrogen-bond donors (Lipinski definition) is 1. The zero-order valence-corrected chi connectivity index (χ0v) is 13.2. The summed E-state index contributed by atoms with van der Waals surface area (Å²) in [5.74, 6) is -0.773. The average molecular weight is 286 g/mol. The van der Waals surface area contributed by atoms with Crippen molar-refractivity contribution < 1.29 is 19.4 Å². The summed E-state index contributed by atoms with van der Waals surface area (Å²) in [6.07, 6.45) is 10.8. The van der Waals surface area contributed by atoms with Gasteiger partial charge in [-0.2, -0.15) is 0 Å². The van der Waals surface area contributed by atoms with Crippen LogP contribution in [0.1, 0.15) is 72.1 Å². The molecule has 4 heteroatoms. The molecule has 0 aromatic carbocycles. The van der Waals surface area contributed by atoms with Crippen LogP contribution in [0.25, 0.3) is 0 Å². The quantitative estimate of drug-likeness (QED) is 0.479. The van der Waals surface area contributed by atoms with E-state index in [1.54, 1.807) is 0 Å². The molecule has 0 saturated heterocycles. The van der Waals surface area contributed by atoms with Crippen LogP contribution in [0.4, 0.5) is 0 Å². The largest absolute Gasteiger partial charge is 0.481 e. The minimum absolute atomic E-state index is 0.0806. The number of carboxylic acids is 1. The van der Waals surface area contributed by atoms with Crippen molar-refractivity contribution in [1.82, 2.24) is 0 Å². The fraction of sp³-hybridized carbons (Fsp3) is 0.750. The number of carbonyl (C=O) groups is 2. The smallest absolute Gasteiger partial charge is 0.306 e. The van der Waals surface area contributed by atoms with E-state index in [9.17, 15) is 9.59 Å². The molecule has 0 saturated carbocycles. The van der Waals surface area contributed by atoms with Gasteiger partial charge < -0.3 is 9.84 Å². The first-order chi connectivity index (χ1) is 9.58. The monoisotopic (exact) mass is 286 g/mol. The van der Waals surface area contributed by atoms with Crippen molar-refractivity contribution in [3.05, 3.63) is 12.2 Å². The maximum absolute atomic E-state index is 11.0. The highest BCUT2D eigenvalue weighted by molar-refractivity contribution is 5.69. The van der Waals surface area contributed by atoms with Gasteiger partial charge in [0.2, 0.25) is 0 Å². The molecule has 0 aromatic rings. The van der Waals surface area contributed by atoms with E-state index in [1.165, 1.54) is 0 Å². The maximum Gasteiger partial charge on any atom is 0.306 e. The summed E-state index contributed by atoms with van der Waals surface area (Å²) < 4.78 is 4.96. The minimum Gasteiger partial charge on any atom is -0.481 e. The Morgan fingerprint density at radius 3 is 2.00 bits per heavy atom. The summed E-state index contributed by atoms with van der Waals surface area (Å²) in [6.45, 7) is 6.59. The summed E-state index contributed by atoms with van der Waals surface area (Å²) in [5.41, 5.74) is 0. The second kappa shape index (κ2) is 17.7. The van der Waals surface area contributed by atoms with Gasteiger partial charge in [0.1, 0.15) is 6.61 Å². The van der Waals surface area contributed by atoms with E-state index in [4.69, 9.17) is 9.84 Å². The first-order valence-electron chi connectivity index (χ1n) is 7.60. The molecule has 0 heterocycles. The first-order valence-corrected chi connectivity index (χ1v) is 7.60. The van der Waals surface area contributed by atoms with E-state index in [0.717, 1.165) is 38.5 Å². The fourth-order valence-electron chi connectivity index (χ4n) is 1.21. The molecule has 0 fully saturated rings. The summed E-state index contributed by atoms with van der Waals surface area (Å²) in [6, 6.07) is 0. The number of unbranched alkanes of at least 4 members (excludes halogenated alkanes) is 3. The Morgan fingerprint density at radius 2 is 1.55 bits per heavy atom. The molecule has 0 spiro atoms. The van der Waals surface area contributed by atoms with Crippen molar-refractivity contribution in [1.29, 1.82) is 0 Å². The molecule has 0 rings (SSSR count). The second-order valence-corrected chi connectivity index (χ2v) is 4.54. The standard InChI is InChI=1S/C11H20O2.C5H10O2/c1-3-5-7-8-10-13-11(12)9-6-4-2;1-2-3-4-5(6)7/h7-8H,3-6,9-10H2,1-2H3;2-4H2,1H3,(H,6,7)/b8-7+;. The maximum atomic E-state index is 11.0. The van der Waals surface area contributed by atoms with Gasteiger partial charge in [-0.25, -0.2) is 0 Å². The Kier molecular flexibility index (Phi) is 18.6. The SMILES string of the molecule is CCC/C=C/COC(=O)CCCC.CCCCC(=O)O. The van der Waals surface area contributed by atoms with Crippen LogP contribution in [0.15, 0.2) is 12.2 Å². The lowest BCUT2D eigenvalue weighted by molar-refractivity contribution is -0.142. The van der Waals surface area contributed by atoms with Crippen molar-refractivity contribution in [3.8, 4) is 0 Å². The van der Waals surface area contributed by atoms with Crippen LogP contribution < -0.4 is 0 Å². The molecule has 0 aliphatic heterocycles. The Hall–Kier alpha value is -1.32. The van der Waals surface area contributed by atoms with Gasteiger partial charge in [0.25, 0.3) is 0 Å². The van der Waals surface area contributed by atoms with Crippen molar-refractivity contribution in [3.63, 3.8) is 0 Å². The lowest BCUT2D eigenvalue weighted by atomic mass is 10.2. The van der Waals surface area contributed by atoms with Gasteiger partial charge in [0.15, 0.2) is 0 Å². The molecule has 0 radical (unpaired) electrons. The highest BCUT2D eigenvalue weighted by atomic mass is 16.5. The number of hydrogen-bond acceptors (Lipinski definition) is 3. The van der Waals surface area contributed by atoms with Crippen molar-refractivity contribution in [2.24, 2.45) is 0 Å². The summed E-state index contributed by atoms with van der Waals surface area (Å²) >= 11 is 0. The van der Waals surface area contributed by atoms with Crippen LogP contribution in [0.5, 0.6) is 0 Å². The van der Waals surface area contributed by atoms with Gasteiger partial charge in [-0.3, -0.25) is 9.59 Å². The van der Waals surface area contributed by atoms with Crippen LogP contribution in [-0.2, 0) is 14.3 Å². The normalized spacial score (nSPS) is 9.95. The zero-order chi connectivity index (χ0) is 15.6. The van der Waals surface area contributed by atoms with Crippen LogP contribution >= 0.6 is 0 Å². The van der Waals surface area contributed by atoms with Gasteiger partial charge in [-0.15, -0.1) is 0 Å². The molecule has 118 valence electrons. The highest BCUT2D eigenvalue weighted by Crippen LogP contribution is 1.96. The van der Waals surface area contributed by atoms with Gasteiger partial charge >= 0.3 is 11.9 Å². The average Bonchev–Trinajstić information content (AvgIpc) is 2.43. The molecular formula is C16H30O4. The number of aliphatic carboxylic acids is 1. The Labute approximate surface area is 123 Å². The lowest BCUT2D eigenvalue weighted by Crippen LogP contribution is -2.03. The summed E-state index contributed by atoms with van der Waals surface area (Å²) in [5, 5.41) is 8.04. The molecule has 0 amide bonds. The Balaban J connectivity index is 0. The third-order valence-corrected chi connectivity index (χ3v) is 2.44. The number of carboxylic acid groups (broad SMARTS) is 1. The molecule has 4 nitrogen and oxygen atoms in total. The van der Waals surface area contributed by atoms with Gasteiger partial charge in [0, 0.05) is 12.8 Å². The van der Waals surface area contributed by atoms with Gasteiger partial charge in [-0.05, 0) is 19.3 Å². The van der Waals surface area contributed by atoms with Crippen molar-refractivity contribution >= 4 is 11.9 Å². The molecule has 0 unspecified atom stereocenters. The van der Waals surface area contributed by atoms with Crippen LogP contribution in [0.2, 0.25) is 0 Å². The molecule has 0 bridgehead atoms. The molecule has 0 aliphatic rings. The molecule has 1 N–H and O–H groups in total. The topological polar surface area (TPSA) is 63.6 Å². The molecule has 0 aromatic heterocycles. The number of ether oxygens (including phenoxy) is 1. The van der Waals surface area contributed by atoms with E-state index >= 15 is 0 Å². The van der Waals surface area contributed by atoms with E-state index < -0.39 is 5.97 Å². The van der Waals surface area contributed by atoms with Crippen LogP contribution in [0.3, 0.4) is 0 Å². The Morgan fingerprint density at radius 1 is 0.950 bits per heavy atom. The third-order valence-electron chi connectivity index (χ3n) is 2.44. The Bertz CT molecular complexity index is 259. The van der Waals surface area contributed by atoms with Crippen LogP contribution in [-0.4, -0.2) is 23.7 Å². The number of esters is 1. The third kappa shape index (κ3) is 21.9. The zero-order valence-electron chi connectivity index (χ0n) is 13.2. The number of carbonyl (C=O) groups excluding carboxylic acids is 1. The molecule has 20 heavy (non-hydrogen) atoms. The van der Waals surface area contributed by atoms with Crippen molar-refractivity contribution in [2.45, 2.75) is 72.1 Å². The van der Waals surface area contributed by atoms with E-state index in [0.29, 0.717) is 19.4 Å². The predicted molar refractivity (Wildman–Crippen MR) is 81.7 cm³/mol. The summed E-state index contributed by atoms with van der Waals surface area (Å²) in [7, 11) is 0. The molecule has 0 aliphatic carbocycles. The first kappa shape index (κ1) is 21.0. The number of allylic oxidation sites excluding steroid dienone is 1. The van der Waals surface area contributed by atoms with E-state index in [2.05, 4.69) is 13.8 Å². The number of rotatable bonds is 10. The second-order valence-electron chi connectivity index (χ2n) is 4.54. The minimum atomic E-state index is -0.693. The predicted octanol–water partition coefficient (Wildman–Crippen LogP) is 4.34. The van der Waals surface area contributed by atoms with Gasteiger partial charge in [0.05, 0.1) is 0 Å². The van der Waals surface area contributed by atoms with Gasteiger partial charge in [-0.1, -0.05) is 52.2 Å². The van der Waals surface area contributed by atoms with E-state index in [1.807, 2.05) is 19.1 Å². The highest BCUT2D eigenvalue weighted by Gasteiger charge is 1.98. The molecule has 0 atom stereocenters.